The topological polar surface area (TPSA) is 68.2 Å². The molecule has 0 N–H and O–H groups in total. The fourth-order valence-electron chi connectivity index (χ4n) is 2.92. The van der Waals surface area contributed by atoms with Crippen LogP contribution in [0.5, 0.6) is 0 Å². The molecule has 6 heteroatoms. The first-order valence-corrected chi connectivity index (χ1v) is 7.78. The van der Waals surface area contributed by atoms with Crippen LogP contribution in [-0.2, 0) is 6.54 Å². The molecule has 118 valence electrons. The molecule has 0 bridgehead atoms. The Morgan fingerprint density at radius 1 is 1.22 bits per heavy atom. The quantitative estimate of drug-likeness (QED) is 0.696. The van der Waals surface area contributed by atoms with Gasteiger partial charge in [-0.1, -0.05) is 6.07 Å². The summed E-state index contributed by atoms with van der Waals surface area (Å²) in [5.41, 5.74) is 1.10. The normalized spacial score (nSPS) is 15.9. The molecule has 1 atom stereocenters. The smallest absolute Gasteiger partial charge is 0.283 e. The van der Waals surface area contributed by atoms with Gasteiger partial charge in [0, 0.05) is 6.20 Å². The van der Waals surface area contributed by atoms with E-state index in [0.717, 1.165) is 5.69 Å². The monoisotopic (exact) mass is 310 g/mol. The summed E-state index contributed by atoms with van der Waals surface area (Å²) >= 11 is 0. The predicted octanol–water partition coefficient (Wildman–Crippen LogP) is 3.31. The Bertz CT molecular complexity index is 750. The van der Waals surface area contributed by atoms with Crippen LogP contribution in [0.15, 0.2) is 51.6 Å². The summed E-state index contributed by atoms with van der Waals surface area (Å²) in [6.07, 6.45) is 5.93. The van der Waals surface area contributed by atoms with E-state index in [9.17, 15) is 0 Å². The average molecular weight is 310 g/mol. The molecule has 1 aliphatic carbocycles. The van der Waals surface area contributed by atoms with Crippen molar-refractivity contribution in [3.63, 3.8) is 0 Å². The minimum atomic E-state index is 0.287. The molecule has 0 saturated heterocycles. The summed E-state index contributed by atoms with van der Waals surface area (Å²) in [5, 5.41) is 8.18. The van der Waals surface area contributed by atoms with Crippen LogP contribution >= 0.6 is 0 Å². The predicted molar refractivity (Wildman–Crippen MR) is 83.2 cm³/mol. The lowest BCUT2D eigenvalue weighted by Gasteiger charge is -2.26. The van der Waals surface area contributed by atoms with Gasteiger partial charge >= 0.3 is 0 Å². The van der Waals surface area contributed by atoms with E-state index in [1.165, 1.54) is 12.8 Å². The summed E-state index contributed by atoms with van der Waals surface area (Å²) in [4.78, 5) is 6.76. The second-order valence-electron chi connectivity index (χ2n) is 5.93. The van der Waals surface area contributed by atoms with E-state index >= 15 is 0 Å². The zero-order valence-corrected chi connectivity index (χ0v) is 12.9. The minimum absolute atomic E-state index is 0.287. The first-order chi connectivity index (χ1) is 11.3. The van der Waals surface area contributed by atoms with Crippen LogP contribution in [-0.4, -0.2) is 27.1 Å². The molecule has 0 aromatic carbocycles. The molecule has 23 heavy (non-hydrogen) atoms. The van der Waals surface area contributed by atoms with Crippen molar-refractivity contribution in [2.24, 2.45) is 5.92 Å². The van der Waals surface area contributed by atoms with Crippen molar-refractivity contribution in [2.75, 3.05) is 7.05 Å². The Kier molecular flexibility index (Phi) is 3.67. The third-order valence-electron chi connectivity index (χ3n) is 4.12. The van der Waals surface area contributed by atoms with Crippen molar-refractivity contribution in [3.8, 4) is 11.7 Å². The van der Waals surface area contributed by atoms with Gasteiger partial charge in [0.15, 0.2) is 5.76 Å². The Labute approximate surface area is 134 Å². The molecule has 4 rings (SSSR count). The molecule has 0 aliphatic heterocycles. The Balaban J connectivity index is 1.51. The van der Waals surface area contributed by atoms with E-state index in [1.54, 1.807) is 12.3 Å². The van der Waals surface area contributed by atoms with Gasteiger partial charge < -0.3 is 8.83 Å². The van der Waals surface area contributed by atoms with Crippen molar-refractivity contribution in [1.82, 2.24) is 20.1 Å². The summed E-state index contributed by atoms with van der Waals surface area (Å²) in [5.74, 6) is 2.25. The number of rotatable bonds is 6. The van der Waals surface area contributed by atoms with Gasteiger partial charge in [-0.3, -0.25) is 9.88 Å². The van der Waals surface area contributed by atoms with Crippen LogP contribution in [0.1, 0.15) is 30.5 Å². The fourth-order valence-corrected chi connectivity index (χ4v) is 2.92. The molecule has 0 radical (unpaired) electrons. The molecule has 1 saturated carbocycles. The van der Waals surface area contributed by atoms with Gasteiger partial charge in [-0.25, -0.2) is 0 Å². The van der Waals surface area contributed by atoms with Gasteiger partial charge in [-0.15, -0.1) is 10.2 Å². The highest BCUT2D eigenvalue weighted by atomic mass is 16.4. The van der Waals surface area contributed by atoms with Crippen molar-refractivity contribution in [2.45, 2.75) is 25.4 Å². The first-order valence-electron chi connectivity index (χ1n) is 7.78. The second kappa shape index (κ2) is 5.96. The first kappa shape index (κ1) is 14.1. The van der Waals surface area contributed by atoms with Crippen LogP contribution in [0.4, 0.5) is 0 Å². The Morgan fingerprint density at radius 2 is 2.13 bits per heavy atom. The van der Waals surface area contributed by atoms with Crippen LogP contribution in [0.2, 0.25) is 0 Å². The van der Waals surface area contributed by atoms with Gasteiger partial charge in [0.2, 0.25) is 5.89 Å². The van der Waals surface area contributed by atoms with E-state index in [2.05, 4.69) is 33.2 Å². The highest BCUT2D eigenvalue weighted by molar-refractivity contribution is 5.42. The van der Waals surface area contributed by atoms with Gasteiger partial charge in [-0.2, -0.15) is 0 Å². The Morgan fingerprint density at radius 3 is 2.83 bits per heavy atom. The maximum absolute atomic E-state index is 5.71. The van der Waals surface area contributed by atoms with Gasteiger partial charge in [0.25, 0.3) is 5.89 Å². The van der Waals surface area contributed by atoms with Crippen LogP contribution in [0.3, 0.4) is 0 Å². The number of pyridine rings is 1. The van der Waals surface area contributed by atoms with Crippen LogP contribution in [0.25, 0.3) is 11.7 Å². The highest BCUT2D eigenvalue weighted by Gasteiger charge is 2.36. The number of furan rings is 1. The molecule has 0 spiro atoms. The third kappa shape index (κ3) is 3.03. The van der Waals surface area contributed by atoms with Crippen molar-refractivity contribution in [3.05, 3.63) is 54.4 Å². The van der Waals surface area contributed by atoms with Crippen molar-refractivity contribution in [1.29, 1.82) is 0 Å². The lowest BCUT2D eigenvalue weighted by atomic mass is 10.1. The largest absolute Gasteiger partial charge is 0.459 e. The van der Waals surface area contributed by atoms with Crippen LogP contribution in [0, 0.1) is 5.92 Å². The summed E-state index contributed by atoms with van der Waals surface area (Å²) in [6, 6.07) is 9.96. The van der Waals surface area contributed by atoms with Crippen LogP contribution < -0.4 is 0 Å². The second-order valence-corrected chi connectivity index (χ2v) is 5.93. The lowest BCUT2D eigenvalue weighted by molar-refractivity contribution is 0.190. The van der Waals surface area contributed by atoms with Crippen molar-refractivity contribution >= 4 is 0 Å². The molecule has 3 aromatic rings. The third-order valence-corrected chi connectivity index (χ3v) is 4.12. The summed E-state index contributed by atoms with van der Waals surface area (Å²) in [7, 11) is 2.08. The van der Waals surface area contributed by atoms with E-state index in [0.29, 0.717) is 30.0 Å². The highest BCUT2D eigenvalue weighted by Crippen LogP contribution is 2.43. The van der Waals surface area contributed by atoms with E-state index in [-0.39, 0.29) is 6.04 Å². The average Bonchev–Trinajstić information content (AvgIpc) is 3.06. The molecule has 0 amide bonds. The maximum atomic E-state index is 5.71. The van der Waals surface area contributed by atoms with Gasteiger partial charge in [0.1, 0.15) is 0 Å². The number of hydrogen-bond acceptors (Lipinski definition) is 6. The molecule has 3 heterocycles. The van der Waals surface area contributed by atoms with Gasteiger partial charge in [-0.05, 0) is 50.1 Å². The standard InChI is InChI=1S/C17H18N4O2/c1-21(16(12-7-8-12)13-5-2-3-9-18-13)11-15-19-20-17(23-15)14-6-4-10-22-14/h2-6,9-10,12,16H,7-8,11H2,1H3. The molecular formula is C17H18N4O2. The molecular weight excluding hydrogens is 292 g/mol. The molecule has 1 aliphatic rings. The number of aromatic nitrogens is 3. The van der Waals surface area contributed by atoms with E-state index < -0.39 is 0 Å². The lowest BCUT2D eigenvalue weighted by Crippen LogP contribution is -2.26. The van der Waals surface area contributed by atoms with Gasteiger partial charge in [0.05, 0.1) is 24.5 Å². The molecule has 3 aromatic heterocycles. The fraction of sp³-hybridized carbons (Fsp3) is 0.353. The molecule has 1 unspecified atom stereocenters. The zero-order chi connectivity index (χ0) is 15.6. The van der Waals surface area contributed by atoms with E-state index in [1.807, 2.05) is 24.4 Å². The summed E-state index contributed by atoms with van der Waals surface area (Å²) < 4.78 is 11.0. The minimum Gasteiger partial charge on any atom is -0.459 e. The molecule has 1 fully saturated rings. The molecule has 6 nitrogen and oxygen atoms in total. The van der Waals surface area contributed by atoms with E-state index in [4.69, 9.17) is 8.83 Å². The van der Waals surface area contributed by atoms with Crippen molar-refractivity contribution < 1.29 is 8.83 Å². The maximum Gasteiger partial charge on any atom is 0.283 e. The zero-order valence-electron chi connectivity index (χ0n) is 12.9. The Hall–Kier alpha value is -2.47. The SMILES string of the molecule is CN(Cc1nnc(-c2ccco2)o1)C(c1ccccn1)C1CC1. The number of hydrogen-bond donors (Lipinski definition) is 0. The number of nitrogens with zero attached hydrogens (tertiary/aromatic N) is 4. The summed E-state index contributed by atoms with van der Waals surface area (Å²) in [6.45, 7) is 0.589.